The molecular formula is C18H24N2. The summed E-state index contributed by atoms with van der Waals surface area (Å²) in [5.74, 6) is 6.44. The van der Waals surface area contributed by atoms with Crippen molar-refractivity contribution in [1.82, 2.24) is 5.43 Å². The monoisotopic (exact) mass is 268 g/mol. The van der Waals surface area contributed by atoms with E-state index in [1.54, 1.807) is 0 Å². The lowest BCUT2D eigenvalue weighted by Gasteiger charge is -2.18. The maximum absolute atomic E-state index is 5.78. The van der Waals surface area contributed by atoms with Crippen molar-refractivity contribution in [3.05, 3.63) is 70.8 Å². The molecule has 0 bridgehead atoms. The highest BCUT2D eigenvalue weighted by Gasteiger charge is 2.12. The maximum Gasteiger partial charge on any atom is 0.0710 e. The Labute approximate surface area is 122 Å². The van der Waals surface area contributed by atoms with Gasteiger partial charge in [-0.1, -0.05) is 67.9 Å². The molecule has 1 unspecified atom stereocenters. The molecule has 1 atom stereocenters. The minimum absolute atomic E-state index is 0.0442. The molecule has 0 saturated heterocycles. The minimum Gasteiger partial charge on any atom is -0.271 e. The van der Waals surface area contributed by atoms with Gasteiger partial charge in [0, 0.05) is 0 Å². The summed E-state index contributed by atoms with van der Waals surface area (Å²) in [6.45, 7) is 6.58. The lowest BCUT2D eigenvalue weighted by molar-refractivity contribution is 0.627. The predicted octanol–water partition coefficient (Wildman–Crippen LogP) is 3.75. The van der Waals surface area contributed by atoms with Gasteiger partial charge in [0.05, 0.1) is 6.04 Å². The van der Waals surface area contributed by atoms with E-state index in [2.05, 4.69) is 74.7 Å². The number of hydrogen-bond acceptors (Lipinski definition) is 2. The molecule has 2 aromatic rings. The molecule has 20 heavy (non-hydrogen) atoms. The molecule has 0 spiro atoms. The van der Waals surface area contributed by atoms with Crippen LogP contribution in [-0.4, -0.2) is 0 Å². The lowest BCUT2D eigenvalue weighted by atomic mass is 9.94. The van der Waals surface area contributed by atoms with Crippen molar-refractivity contribution in [2.75, 3.05) is 0 Å². The number of hydrazine groups is 1. The average Bonchev–Trinajstić information content (AvgIpc) is 2.41. The van der Waals surface area contributed by atoms with E-state index in [4.69, 9.17) is 5.84 Å². The Morgan fingerprint density at radius 1 is 1.00 bits per heavy atom. The van der Waals surface area contributed by atoms with E-state index in [-0.39, 0.29) is 6.04 Å². The second-order valence-electron chi connectivity index (χ2n) is 5.85. The SMILES string of the molecule is Cc1ccc(C(NN)c2cccc(CC(C)C)c2)cc1. The highest BCUT2D eigenvalue weighted by Crippen LogP contribution is 2.23. The summed E-state index contributed by atoms with van der Waals surface area (Å²) in [5, 5.41) is 0. The van der Waals surface area contributed by atoms with Gasteiger partial charge in [-0.05, 0) is 36.0 Å². The first-order valence-corrected chi connectivity index (χ1v) is 7.21. The summed E-state index contributed by atoms with van der Waals surface area (Å²) in [6.07, 6.45) is 1.10. The third kappa shape index (κ3) is 3.69. The largest absolute Gasteiger partial charge is 0.271 e. The summed E-state index contributed by atoms with van der Waals surface area (Å²) in [7, 11) is 0. The van der Waals surface area contributed by atoms with Gasteiger partial charge in [0.25, 0.3) is 0 Å². The molecule has 0 aliphatic carbocycles. The van der Waals surface area contributed by atoms with Gasteiger partial charge < -0.3 is 0 Å². The molecular weight excluding hydrogens is 244 g/mol. The smallest absolute Gasteiger partial charge is 0.0710 e. The van der Waals surface area contributed by atoms with Crippen LogP contribution < -0.4 is 11.3 Å². The van der Waals surface area contributed by atoms with Crippen LogP contribution in [0.25, 0.3) is 0 Å². The number of aryl methyl sites for hydroxylation is 1. The highest BCUT2D eigenvalue weighted by molar-refractivity contribution is 5.35. The first-order chi connectivity index (χ1) is 9.60. The van der Waals surface area contributed by atoms with Gasteiger partial charge in [-0.15, -0.1) is 0 Å². The van der Waals surface area contributed by atoms with Crippen LogP contribution in [0.15, 0.2) is 48.5 Å². The molecule has 0 aliphatic heterocycles. The molecule has 106 valence electrons. The molecule has 0 radical (unpaired) electrons. The number of nitrogens with two attached hydrogens (primary N) is 1. The zero-order valence-corrected chi connectivity index (χ0v) is 12.6. The third-order valence-electron chi connectivity index (χ3n) is 3.51. The Morgan fingerprint density at radius 2 is 1.70 bits per heavy atom. The van der Waals surface area contributed by atoms with E-state index >= 15 is 0 Å². The fourth-order valence-corrected chi connectivity index (χ4v) is 2.51. The Hall–Kier alpha value is -1.64. The highest BCUT2D eigenvalue weighted by atomic mass is 15.2. The molecule has 0 fully saturated rings. The van der Waals surface area contributed by atoms with Crippen molar-refractivity contribution in [2.45, 2.75) is 33.2 Å². The number of nitrogens with one attached hydrogen (secondary N) is 1. The lowest BCUT2D eigenvalue weighted by Crippen LogP contribution is -2.28. The number of hydrogen-bond donors (Lipinski definition) is 2. The van der Waals surface area contributed by atoms with Crippen molar-refractivity contribution in [3.63, 3.8) is 0 Å². The van der Waals surface area contributed by atoms with Crippen LogP contribution in [0.1, 0.15) is 42.1 Å². The van der Waals surface area contributed by atoms with Gasteiger partial charge in [0.1, 0.15) is 0 Å². The molecule has 0 amide bonds. The third-order valence-corrected chi connectivity index (χ3v) is 3.51. The molecule has 0 saturated carbocycles. The van der Waals surface area contributed by atoms with Gasteiger partial charge >= 0.3 is 0 Å². The fraction of sp³-hybridized carbons (Fsp3) is 0.333. The summed E-state index contributed by atoms with van der Waals surface area (Å²) in [5.41, 5.74) is 7.97. The first-order valence-electron chi connectivity index (χ1n) is 7.21. The second-order valence-corrected chi connectivity index (χ2v) is 5.85. The quantitative estimate of drug-likeness (QED) is 0.640. The molecule has 2 rings (SSSR count). The van der Waals surface area contributed by atoms with Crippen molar-refractivity contribution in [2.24, 2.45) is 11.8 Å². The molecule has 2 aromatic carbocycles. The van der Waals surface area contributed by atoms with E-state index in [9.17, 15) is 0 Å². The molecule has 0 aromatic heterocycles. The van der Waals surface area contributed by atoms with Crippen LogP contribution in [0.4, 0.5) is 0 Å². The summed E-state index contributed by atoms with van der Waals surface area (Å²) in [4.78, 5) is 0. The molecule has 2 nitrogen and oxygen atoms in total. The van der Waals surface area contributed by atoms with Crippen LogP contribution in [0, 0.1) is 12.8 Å². The van der Waals surface area contributed by atoms with Crippen LogP contribution in [-0.2, 0) is 6.42 Å². The van der Waals surface area contributed by atoms with E-state index in [0.29, 0.717) is 5.92 Å². The summed E-state index contributed by atoms with van der Waals surface area (Å²) >= 11 is 0. The van der Waals surface area contributed by atoms with Crippen molar-refractivity contribution < 1.29 is 0 Å². The Bertz CT molecular complexity index is 544. The zero-order valence-electron chi connectivity index (χ0n) is 12.6. The first kappa shape index (κ1) is 14.8. The Balaban J connectivity index is 2.29. The van der Waals surface area contributed by atoms with E-state index in [0.717, 1.165) is 6.42 Å². The topological polar surface area (TPSA) is 38.0 Å². The zero-order chi connectivity index (χ0) is 14.5. The normalized spacial score (nSPS) is 12.7. The van der Waals surface area contributed by atoms with Gasteiger partial charge in [-0.25, -0.2) is 5.43 Å². The molecule has 0 aliphatic rings. The van der Waals surface area contributed by atoms with Crippen molar-refractivity contribution >= 4 is 0 Å². The van der Waals surface area contributed by atoms with E-state index < -0.39 is 0 Å². The molecule has 0 heterocycles. The molecule has 3 N–H and O–H groups in total. The van der Waals surface area contributed by atoms with Gasteiger partial charge in [0.15, 0.2) is 0 Å². The standard InChI is InChI=1S/C18H24N2/c1-13(2)11-15-5-4-6-17(12-15)18(20-19)16-9-7-14(3)8-10-16/h4-10,12-13,18,20H,11,19H2,1-3H3. The predicted molar refractivity (Wildman–Crippen MR) is 85.3 cm³/mol. The minimum atomic E-state index is 0.0442. The second kappa shape index (κ2) is 6.69. The van der Waals surface area contributed by atoms with Crippen LogP contribution >= 0.6 is 0 Å². The van der Waals surface area contributed by atoms with E-state index in [1.165, 1.54) is 22.3 Å². The van der Waals surface area contributed by atoms with Crippen LogP contribution in [0.3, 0.4) is 0 Å². The van der Waals surface area contributed by atoms with Crippen molar-refractivity contribution in [1.29, 1.82) is 0 Å². The van der Waals surface area contributed by atoms with Gasteiger partial charge in [-0.2, -0.15) is 0 Å². The van der Waals surface area contributed by atoms with Crippen molar-refractivity contribution in [3.8, 4) is 0 Å². The summed E-state index contributed by atoms with van der Waals surface area (Å²) < 4.78 is 0. The number of rotatable bonds is 5. The fourth-order valence-electron chi connectivity index (χ4n) is 2.51. The van der Waals surface area contributed by atoms with Crippen LogP contribution in [0.5, 0.6) is 0 Å². The maximum atomic E-state index is 5.78. The Morgan fingerprint density at radius 3 is 2.30 bits per heavy atom. The van der Waals surface area contributed by atoms with Gasteiger partial charge in [-0.3, -0.25) is 5.84 Å². The van der Waals surface area contributed by atoms with Gasteiger partial charge in [0.2, 0.25) is 0 Å². The van der Waals surface area contributed by atoms with Crippen LogP contribution in [0.2, 0.25) is 0 Å². The Kier molecular flexibility index (Phi) is 4.94. The summed E-state index contributed by atoms with van der Waals surface area (Å²) in [6, 6.07) is 17.2. The number of benzene rings is 2. The van der Waals surface area contributed by atoms with E-state index in [1.807, 2.05) is 0 Å². The molecule has 2 heteroatoms. The average molecular weight is 268 g/mol.